The summed E-state index contributed by atoms with van der Waals surface area (Å²) in [6, 6.07) is 7.40. The van der Waals surface area contributed by atoms with Crippen LogP contribution in [0.2, 0.25) is 0 Å². The number of rotatable bonds is 5. The Kier molecular flexibility index (Phi) is 3.38. The van der Waals surface area contributed by atoms with E-state index in [0.717, 1.165) is 11.5 Å². The first-order valence-electron chi connectivity index (χ1n) is 5.11. The van der Waals surface area contributed by atoms with Gasteiger partial charge < -0.3 is 14.6 Å². The number of anilines is 1. The summed E-state index contributed by atoms with van der Waals surface area (Å²) in [6.07, 6.45) is 1.54. The molecule has 0 amide bonds. The van der Waals surface area contributed by atoms with E-state index in [2.05, 4.69) is 15.5 Å². The summed E-state index contributed by atoms with van der Waals surface area (Å²) < 4.78 is 10.0. The highest BCUT2D eigenvalue weighted by Crippen LogP contribution is 2.11. The van der Waals surface area contributed by atoms with E-state index in [-0.39, 0.29) is 0 Å². The summed E-state index contributed by atoms with van der Waals surface area (Å²) in [5, 5.41) is 6.93. The summed E-state index contributed by atoms with van der Waals surface area (Å²) in [5.74, 6) is 1.38. The molecule has 0 spiro atoms. The quantitative estimate of drug-likeness (QED) is 0.834. The molecule has 2 heterocycles. The minimum Gasteiger partial charge on any atom is -0.478 e. The van der Waals surface area contributed by atoms with E-state index < -0.39 is 0 Å². The first-order valence-corrected chi connectivity index (χ1v) is 5.11. The van der Waals surface area contributed by atoms with Gasteiger partial charge in [-0.3, -0.25) is 0 Å². The van der Waals surface area contributed by atoms with Crippen molar-refractivity contribution < 1.29 is 9.26 Å². The molecule has 0 aliphatic heterocycles. The van der Waals surface area contributed by atoms with Gasteiger partial charge in [-0.25, -0.2) is 0 Å². The zero-order chi connectivity index (χ0) is 11.2. The lowest BCUT2D eigenvalue weighted by Gasteiger charge is -2.05. The first-order chi connectivity index (χ1) is 7.88. The van der Waals surface area contributed by atoms with Gasteiger partial charge >= 0.3 is 0 Å². The molecule has 1 N–H and O–H groups in total. The van der Waals surface area contributed by atoms with E-state index in [4.69, 9.17) is 9.26 Å². The molecule has 2 aromatic heterocycles. The predicted molar refractivity (Wildman–Crippen MR) is 59.2 cm³/mol. The van der Waals surface area contributed by atoms with Gasteiger partial charge in [0.05, 0.1) is 13.2 Å². The number of hydrogen-bond donors (Lipinski definition) is 1. The standard InChI is InChI=1S/C11H13N3O2/c1-2-15-11-5-3-4-10(13-11)12-8-9-6-7-16-14-9/h3-7H,2,8H2,1H3,(H,12,13). The fourth-order valence-electron chi connectivity index (χ4n) is 1.25. The highest BCUT2D eigenvalue weighted by Gasteiger charge is 1.99. The lowest BCUT2D eigenvalue weighted by molar-refractivity contribution is 0.327. The van der Waals surface area contributed by atoms with E-state index in [9.17, 15) is 0 Å². The average molecular weight is 219 g/mol. The average Bonchev–Trinajstić information content (AvgIpc) is 2.80. The molecule has 2 aromatic rings. The second-order valence-electron chi connectivity index (χ2n) is 3.14. The van der Waals surface area contributed by atoms with Crippen LogP contribution in [0.25, 0.3) is 0 Å². The third-order valence-corrected chi connectivity index (χ3v) is 1.96. The van der Waals surface area contributed by atoms with Crippen molar-refractivity contribution in [2.24, 2.45) is 0 Å². The number of aromatic nitrogens is 2. The molecule has 0 saturated carbocycles. The molecule has 5 nitrogen and oxygen atoms in total. The van der Waals surface area contributed by atoms with Crippen LogP contribution in [0.3, 0.4) is 0 Å². The maximum Gasteiger partial charge on any atom is 0.215 e. The van der Waals surface area contributed by atoms with Crippen LogP contribution in [0, 0.1) is 0 Å². The van der Waals surface area contributed by atoms with Gasteiger partial charge in [0.1, 0.15) is 17.8 Å². The second kappa shape index (κ2) is 5.16. The van der Waals surface area contributed by atoms with Crippen molar-refractivity contribution in [1.29, 1.82) is 0 Å². The summed E-state index contributed by atoms with van der Waals surface area (Å²) >= 11 is 0. The molecular weight excluding hydrogens is 206 g/mol. The van der Waals surface area contributed by atoms with Crippen LogP contribution in [-0.4, -0.2) is 16.7 Å². The van der Waals surface area contributed by atoms with Crippen molar-refractivity contribution >= 4 is 5.82 Å². The van der Waals surface area contributed by atoms with Crippen molar-refractivity contribution in [3.8, 4) is 5.88 Å². The number of pyridine rings is 1. The van der Waals surface area contributed by atoms with Crippen molar-refractivity contribution in [2.45, 2.75) is 13.5 Å². The monoisotopic (exact) mass is 219 g/mol. The summed E-state index contributed by atoms with van der Waals surface area (Å²) in [7, 11) is 0. The molecule has 0 aromatic carbocycles. The number of ether oxygens (including phenoxy) is 1. The molecule has 84 valence electrons. The van der Waals surface area contributed by atoms with Crippen LogP contribution in [-0.2, 0) is 6.54 Å². The minimum atomic E-state index is 0.582. The van der Waals surface area contributed by atoms with Gasteiger partial charge in [-0.2, -0.15) is 4.98 Å². The molecule has 16 heavy (non-hydrogen) atoms. The molecule has 0 bridgehead atoms. The van der Waals surface area contributed by atoms with Gasteiger partial charge in [-0.05, 0) is 13.0 Å². The zero-order valence-electron chi connectivity index (χ0n) is 9.01. The topological polar surface area (TPSA) is 60.2 Å². The molecule has 0 aliphatic carbocycles. The molecule has 2 rings (SSSR count). The van der Waals surface area contributed by atoms with Crippen molar-refractivity contribution in [2.75, 3.05) is 11.9 Å². The van der Waals surface area contributed by atoms with E-state index >= 15 is 0 Å². The van der Waals surface area contributed by atoms with Gasteiger partial charge in [0.2, 0.25) is 5.88 Å². The Bertz CT molecular complexity index is 429. The van der Waals surface area contributed by atoms with E-state index in [1.807, 2.05) is 25.1 Å². The van der Waals surface area contributed by atoms with Crippen LogP contribution < -0.4 is 10.1 Å². The fourth-order valence-corrected chi connectivity index (χ4v) is 1.25. The zero-order valence-corrected chi connectivity index (χ0v) is 9.01. The Labute approximate surface area is 93.4 Å². The van der Waals surface area contributed by atoms with Crippen molar-refractivity contribution in [3.05, 3.63) is 36.2 Å². The lowest BCUT2D eigenvalue weighted by Crippen LogP contribution is -2.02. The third kappa shape index (κ3) is 2.73. The lowest BCUT2D eigenvalue weighted by atomic mass is 10.4. The molecular formula is C11H13N3O2. The van der Waals surface area contributed by atoms with Crippen LogP contribution in [0.5, 0.6) is 5.88 Å². The number of hydrogen-bond acceptors (Lipinski definition) is 5. The van der Waals surface area contributed by atoms with Gasteiger partial charge in [-0.1, -0.05) is 11.2 Å². The predicted octanol–water partition coefficient (Wildman–Crippen LogP) is 2.08. The van der Waals surface area contributed by atoms with Gasteiger partial charge in [0.25, 0.3) is 0 Å². The molecule has 0 fully saturated rings. The van der Waals surface area contributed by atoms with Crippen LogP contribution in [0.1, 0.15) is 12.6 Å². The third-order valence-electron chi connectivity index (χ3n) is 1.96. The Balaban J connectivity index is 1.96. The Morgan fingerprint density at radius 3 is 3.06 bits per heavy atom. The SMILES string of the molecule is CCOc1cccc(NCc2ccon2)n1. The van der Waals surface area contributed by atoms with Crippen molar-refractivity contribution in [1.82, 2.24) is 10.1 Å². The molecule has 0 aliphatic rings. The maximum atomic E-state index is 5.30. The number of nitrogens with one attached hydrogen (secondary N) is 1. The van der Waals surface area contributed by atoms with Crippen molar-refractivity contribution in [3.63, 3.8) is 0 Å². The fraction of sp³-hybridized carbons (Fsp3) is 0.273. The maximum absolute atomic E-state index is 5.30. The molecule has 0 unspecified atom stereocenters. The molecule has 0 radical (unpaired) electrons. The Morgan fingerprint density at radius 2 is 2.31 bits per heavy atom. The highest BCUT2D eigenvalue weighted by atomic mass is 16.5. The Morgan fingerprint density at radius 1 is 1.38 bits per heavy atom. The molecule has 0 saturated heterocycles. The van der Waals surface area contributed by atoms with Crippen LogP contribution >= 0.6 is 0 Å². The summed E-state index contributed by atoms with van der Waals surface area (Å²) in [6.45, 7) is 3.12. The van der Waals surface area contributed by atoms with E-state index in [0.29, 0.717) is 19.0 Å². The van der Waals surface area contributed by atoms with Crippen LogP contribution in [0.4, 0.5) is 5.82 Å². The largest absolute Gasteiger partial charge is 0.478 e. The van der Waals surface area contributed by atoms with Gasteiger partial charge in [0.15, 0.2) is 0 Å². The van der Waals surface area contributed by atoms with Crippen LogP contribution in [0.15, 0.2) is 35.1 Å². The Hall–Kier alpha value is -2.04. The normalized spacial score (nSPS) is 10.1. The van der Waals surface area contributed by atoms with E-state index in [1.165, 1.54) is 0 Å². The highest BCUT2D eigenvalue weighted by molar-refractivity contribution is 5.37. The summed E-state index contributed by atoms with van der Waals surface area (Å²) in [4.78, 5) is 4.27. The minimum absolute atomic E-state index is 0.582. The van der Waals surface area contributed by atoms with Gasteiger partial charge in [0, 0.05) is 12.1 Å². The number of nitrogens with zero attached hydrogens (tertiary/aromatic N) is 2. The molecule has 0 atom stereocenters. The summed E-state index contributed by atoms with van der Waals surface area (Å²) in [5.41, 5.74) is 0.837. The molecule has 5 heteroatoms. The van der Waals surface area contributed by atoms with Gasteiger partial charge in [-0.15, -0.1) is 0 Å². The second-order valence-corrected chi connectivity index (χ2v) is 3.14. The van der Waals surface area contributed by atoms with E-state index in [1.54, 1.807) is 12.3 Å². The first kappa shape index (κ1) is 10.5. The smallest absolute Gasteiger partial charge is 0.215 e.